The predicted molar refractivity (Wildman–Crippen MR) is 113 cm³/mol. The first-order valence-electron chi connectivity index (χ1n) is 10.4. The molecule has 1 fully saturated rings. The molecular formula is C21H23F3N6O4. The highest BCUT2D eigenvalue weighted by atomic mass is 19.4. The van der Waals surface area contributed by atoms with E-state index in [2.05, 4.69) is 45.0 Å². The molecule has 0 bridgehead atoms. The van der Waals surface area contributed by atoms with E-state index in [0.29, 0.717) is 12.3 Å². The minimum absolute atomic E-state index is 0.0322. The van der Waals surface area contributed by atoms with Crippen LogP contribution in [0, 0.1) is 0 Å². The van der Waals surface area contributed by atoms with Gasteiger partial charge in [-0.3, -0.25) is 9.48 Å². The smallest absolute Gasteiger partial charge is 0.475 e. The van der Waals surface area contributed by atoms with E-state index in [0.717, 1.165) is 24.9 Å². The summed E-state index contributed by atoms with van der Waals surface area (Å²) in [6.07, 6.45) is 1.77. The van der Waals surface area contributed by atoms with Gasteiger partial charge in [0, 0.05) is 30.4 Å². The highest BCUT2D eigenvalue weighted by Gasteiger charge is 2.38. The number of oxazole rings is 1. The molecule has 0 radical (unpaired) electrons. The van der Waals surface area contributed by atoms with Gasteiger partial charge in [0.25, 0.3) is 5.89 Å². The van der Waals surface area contributed by atoms with Crippen LogP contribution in [0.2, 0.25) is 0 Å². The molecule has 0 aliphatic carbocycles. The second-order valence-electron chi connectivity index (χ2n) is 7.52. The minimum Gasteiger partial charge on any atom is -0.475 e. The summed E-state index contributed by atoms with van der Waals surface area (Å²) >= 11 is 0. The van der Waals surface area contributed by atoms with E-state index in [-0.39, 0.29) is 23.9 Å². The quantitative estimate of drug-likeness (QED) is 0.489. The lowest BCUT2D eigenvalue weighted by Crippen LogP contribution is -2.36. The van der Waals surface area contributed by atoms with Gasteiger partial charge in [-0.05, 0) is 24.5 Å². The number of aromatic nitrogens is 4. The van der Waals surface area contributed by atoms with E-state index in [1.807, 2.05) is 18.3 Å². The average molecular weight is 480 g/mol. The Bertz CT molecular complexity index is 1100. The van der Waals surface area contributed by atoms with Crippen LogP contribution in [-0.2, 0) is 17.8 Å². The first-order chi connectivity index (χ1) is 16.2. The molecule has 34 heavy (non-hydrogen) atoms. The van der Waals surface area contributed by atoms with Gasteiger partial charge in [0.05, 0.1) is 18.9 Å². The highest BCUT2D eigenvalue weighted by molar-refractivity contribution is 5.90. The molecule has 3 heterocycles. The Morgan fingerprint density at radius 2 is 2.12 bits per heavy atom. The molecule has 1 aliphatic heterocycles. The lowest BCUT2D eigenvalue weighted by atomic mass is 10.1. The fraction of sp³-hybridized carbons (Fsp3) is 0.381. The number of amides is 1. The molecule has 13 heteroatoms. The van der Waals surface area contributed by atoms with Crippen molar-refractivity contribution < 1.29 is 32.3 Å². The summed E-state index contributed by atoms with van der Waals surface area (Å²) < 4.78 is 39.2. The molecule has 1 aliphatic rings. The van der Waals surface area contributed by atoms with Crippen LogP contribution in [0.5, 0.6) is 0 Å². The van der Waals surface area contributed by atoms with Crippen LogP contribution in [0.4, 0.5) is 13.2 Å². The van der Waals surface area contributed by atoms with Gasteiger partial charge >= 0.3 is 18.1 Å². The van der Waals surface area contributed by atoms with Gasteiger partial charge in [-0.2, -0.15) is 13.2 Å². The topological polar surface area (TPSA) is 135 Å². The fourth-order valence-electron chi connectivity index (χ4n) is 3.33. The van der Waals surface area contributed by atoms with Crippen LogP contribution < -0.4 is 10.6 Å². The summed E-state index contributed by atoms with van der Waals surface area (Å²) in [6, 6.07) is 8.33. The third-order valence-corrected chi connectivity index (χ3v) is 5.00. The van der Waals surface area contributed by atoms with Crippen molar-refractivity contribution in [1.29, 1.82) is 0 Å². The molecule has 0 saturated carbocycles. The number of carboxylic acids is 1. The number of hydrogen-bond acceptors (Lipinski definition) is 7. The van der Waals surface area contributed by atoms with Gasteiger partial charge in [-0.1, -0.05) is 30.3 Å². The van der Waals surface area contributed by atoms with Crippen LogP contribution in [-0.4, -0.2) is 61.8 Å². The summed E-state index contributed by atoms with van der Waals surface area (Å²) in [4.78, 5) is 25.5. The third-order valence-electron chi connectivity index (χ3n) is 5.00. The molecule has 4 rings (SSSR count). The number of carbonyl (C=O) groups excluding carboxylic acids is 1. The van der Waals surface area contributed by atoms with Gasteiger partial charge in [0.15, 0.2) is 5.76 Å². The van der Waals surface area contributed by atoms with E-state index >= 15 is 0 Å². The Kier molecular flexibility index (Phi) is 7.99. The molecule has 0 unspecified atom stereocenters. The summed E-state index contributed by atoms with van der Waals surface area (Å²) in [6.45, 7) is 3.53. The number of hydrogen-bond donors (Lipinski definition) is 3. The summed E-state index contributed by atoms with van der Waals surface area (Å²) in [7, 11) is 0. The van der Waals surface area contributed by atoms with Gasteiger partial charge in [0.2, 0.25) is 0 Å². The van der Waals surface area contributed by atoms with E-state index < -0.39 is 12.1 Å². The number of aryl methyl sites for hydroxylation is 1. The molecule has 3 aromatic rings. The monoisotopic (exact) mass is 480 g/mol. The Labute approximate surface area is 192 Å². The zero-order valence-corrected chi connectivity index (χ0v) is 18.1. The molecule has 2 aromatic heterocycles. The van der Waals surface area contributed by atoms with Crippen molar-refractivity contribution in [3.05, 3.63) is 54.3 Å². The van der Waals surface area contributed by atoms with Crippen molar-refractivity contribution in [1.82, 2.24) is 30.6 Å². The summed E-state index contributed by atoms with van der Waals surface area (Å²) in [5.74, 6) is -2.36. The van der Waals surface area contributed by atoms with E-state index in [9.17, 15) is 18.0 Å². The molecule has 1 aromatic carbocycles. The Hall–Kier alpha value is -3.74. The number of aliphatic carboxylic acids is 1. The van der Waals surface area contributed by atoms with Gasteiger partial charge in [-0.25, -0.2) is 9.78 Å². The van der Waals surface area contributed by atoms with Crippen LogP contribution in [0.1, 0.15) is 29.6 Å². The van der Waals surface area contributed by atoms with E-state index in [1.54, 1.807) is 17.1 Å². The summed E-state index contributed by atoms with van der Waals surface area (Å²) in [5, 5.41) is 21.3. The normalized spacial score (nSPS) is 17.6. The first-order valence-corrected chi connectivity index (χ1v) is 10.4. The van der Waals surface area contributed by atoms with Crippen LogP contribution in [0.15, 0.2) is 47.3 Å². The average Bonchev–Trinajstić information content (AvgIpc) is 3.56. The zero-order chi connectivity index (χ0) is 24.7. The lowest BCUT2D eigenvalue weighted by molar-refractivity contribution is -0.192. The number of nitrogens with one attached hydrogen (secondary N) is 2. The van der Waals surface area contributed by atoms with Crippen molar-refractivity contribution in [3.63, 3.8) is 0 Å². The zero-order valence-electron chi connectivity index (χ0n) is 18.1. The van der Waals surface area contributed by atoms with E-state index in [1.165, 1.54) is 5.56 Å². The largest absolute Gasteiger partial charge is 0.490 e. The van der Waals surface area contributed by atoms with Gasteiger partial charge in [-0.15, -0.1) is 5.10 Å². The van der Waals surface area contributed by atoms with Gasteiger partial charge < -0.3 is 20.2 Å². The number of rotatable bonds is 6. The number of carboxylic acid groups (broad SMARTS) is 1. The van der Waals surface area contributed by atoms with Crippen molar-refractivity contribution in [2.24, 2.45) is 0 Å². The molecule has 1 amide bonds. The highest BCUT2D eigenvalue weighted by Crippen LogP contribution is 2.22. The predicted octanol–water partition coefficient (Wildman–Crippen LogP) is 2.29. The van der Waals surface area contributed by atoms with Gasteiger partial charge in [0.1, 0.15) is 0 Å². The molecular weight excluding hydrogens is 457 g/mol. The minimum atomic E-state index is -5.08. The number of benzene rings is 1. The Morgan fingerprint density at radius 3 is 2.76 bits per heavy atom. The third kappa shape index (κ3) is 6.88. The van der Waals surface area contributed by atoms with Crippen LogP contribution in [0.3, 0.4) is 0 Å². The number of carbonyl (C=O) groups is 2. The molecule has 182 valence electrons. The van der Waals surface area contributed by atoms with Crippen molar-refractivity contribution in [2.75, 3.05) is 6.54 Å². The maximum atomic E-state index is 12.5. The SMILES string of the molecule is CCc1cccc(-c2cnc(C(=O)N[C@H]3CN[C@H](Cn4ccnn4)C3)o2)c1.O=C(O)C(F)(F)F. The standard InChI is InChI=1S/C19H22N6O2.C2HF3O2/c1-2-13-4-3-5-14(8-13)17-11-21-19(27-17)18(26)23-15-9-16(20-10-15)12-25-7-6-22-24-25;3-2(4,5)1(6)7/h3-8,11,15-16,20H,2,9-10,12H2,1H3,(H,23,26);(H,6,7)/t15-,16+;/m1./s1. The van der Waals surface area contributed by atoms with Crippen LogP contribution >= 0.6 is 0 Å². The van der Waals surface area contributed by atoms with Crippen LogP contribution in [0.25, 0.3) is 11.3 Å². The number of halogens is 3. The molecule has 1 saturated heterocycles. The fourth-order valence-corrected chi connectivity index (χ4v) is 3.33. The Balaban J connectivity index is 0.000000406. The van der Waals surface area contributed by atoms with Crippen molar-refractivity contribution >= 4 is 11.9 Å². The molecule has 2 atom stereocenters. The second kappa shape index (κ2) is 10.9. The van der Waals surface area contributed by atoms with E-state index in [4.69, 9.17) is 14.3 Å². The molecule has 0 spiro atoms. The maximum Gasteiger partial charge on any atom is 0.490 e. The molecule has 10 nitrogen and oxygen atoms in total. The maximum absolute atomic E-state index is 12.5. The number of nitrogens with zero attached hydrogens (tertiary/aromatic N) is 4. The number of alkyl halides is 3. The Morgan fingerprint density at radius 1 is 1.35 bits per heavy atom. The first kappa shape index (κ1) is 24.9. The summed E-state index contributed by atoms with van der Waals surface area (Å²) in [5.41, 5.74) is 2.14. The van der Waals surface area contributed by atoms with Crippen molar-refractivity contribution in [2.45, 2.75) is 44.6 Å². The molecule has 3 N–H and O–H groups in total. The lowest BCUT2D eigenvalue weighted by Gasteiger charge is -2.11. The second-order valence-corrected chi connectivity index (χ2v) is 7.52. The van der Waals surface area contributed by atoms with Crippen molar-refractivity contribution in [3.8, 4) is 11.3 Å².